The molecular formula is C28H23N5O2. The van der Waals surface area contributed by atoms with Crippen molar-refractivity contribution < 1.29 is 4.79 Å². The number of aryl methyl sites for hydroxylation is 1. The van der Waals surface area contributed by atoms with Gasteiger partial charge in [-0.1, -0.05) is 18.2 Å². The minimum atomic E-state index is -0.117. The van der Waals surface area contributed by atoms with Gasteiger partial charge in [0.25, 0.3) is 11.5 Å². The second kappa shape index (κ2) is 8.36. The summed E-state index contributed by atoms with van der Waals surface area (Å²) in [4.78, 5) is 40.2. The number of aromatic amines is 1. The second-order valence-electron chi connectivity index (χ2n) is 8.70. The van der Waals surface area contributed by atoms with Crippen molar-refractivity contribution in [3.05, 3.63) is 106 Å². The van der Waals surface area contributed by atoms with Gasteiger partial charge < -0.3 is 9.88 Å². The highest BCUT2D eigenvalue weighted by Crippen LogP contribution is 2.28. The summed E-state index contributed by atoms with van der Waals surface area (Å²) < 4.78 is 1.59. The monoisotopic (exact) mass is 461 g/mol. The van der Waals surface area contributed by atoms with Gasteiger partial charge in [-0.2, -0.15) is 0 Å². The summed E-state index contributed by atoms with van der Waals surface area (Å²) in [7, 11) is 0. The smallest absolute Gasteiger partial charge is 0.265 e. The zero-order valence-electron chi connectivity index (χ0n) is 19.2. The molecule has 172 valence electrons. The quantitative estimate of drug-likeness (QED) is 0.429. The second-order valence-corrected chi connectivity index (χ2v) is 8.70. The van der Waals surface area contributed by atoms with E-state index in [2.05, 4.69) is 27.1 Å². The summed E-state index contributed by atoms with van der Waals surface area (Å²) in [6.45, 7) is 3.01. The molecule has 0 unspecified atom stereocenters. The SMILES string of the molecule is Cc1nc2ccccc2c(=O)n1-c1ccc(C(=O)N2CC=C(c3c[nH]c4ncccc34)CC2)cc1. The van der Waals surface area contributed by atoms with Crippen LogP contribution >= 0.6 is 0 Å². The predicted molar refractivity (Wildman–Crippen MR) is 137 cm³/mol. The van der Waals surface area contributed by atoms with Gasteiger partial charge in [0.2, 0.25) is 0 Å². The zero-order chi connectivity index (χ0) is 23.9. The van der Waals surface area contributed by atoms with Gasteiger partial charge in [0, 0.05) is 42.0 Å². The maximum atomic E-state index is 13.2. The Kier molecular flexibility index (Phi) is 5.03. The lowest BCUT2D eigenvalue weighted by atomic mass is 9.99. The highest BCUT2D eigenvalue weighted by molar-refractivity contribution is 5.96. The van der Waals surface area contributed by atoms with Crippen LogP contribution < -0.4 is 5.56 Å². The van der Waals surface area contributed by atoms with Crippen LogP contribution in [0.4, 0.5) is 0 Å². The van der Waals surface area contributed by atoms with Crippen LogP contribution in [0.3, 0.4) is 0 Å². The average Bonchev–Trinajstić information content (AvgIpc) is 3.33. The number of nitrogens with one attached hydrogen (secondary N) is 1. The minimum Gasteiger partial charge on any atom is -0.346 e. The number of pyridine rings is 1. The molecule has 1 aliphatic rings. The lowest BCUT2D eigenvalue weighted by Gasteiger charge is -2.26. The number of benzene rings is 2. The molecule has 1 N–H and O–H groups in total. The zero-order valence-corrected chi connectivity index (χ0v) is 19.2. The van der Waals surface area contributed by atoms with Crippen molar-refractivity contribution >= 4 is 33.4 Å². The van der Waals surface area contributed by atoms with Crippen LogP contribution in [0.1, 0.15) is 28.2 Å². The molecule has 6 rings (SSSR count). The van der Waals surface area contributed by atoms with Crippen molar-refractivity contribution in [3.63, 3.8) is 0 Å². The van der Waals surface area contributed by atoms with E-state index < -0.39 is 0 Å². The molecule has 3 aromatic heterocycles. The van der Waals surface area contributed by atoms with E-state index in [4.69, 9.17) is 0 Å². The number of nitrogens with zero attached hydrogens (tertiary/aromatic N) is 4. The van der Waals surface area contributed by atoms with Gasteiger partial charge in [0.05, 0.1) is 16.6 Å². The minimum absolute atomic E-state index is 0.0202. The third kappa shape index (κ3) is 3.61. The van der Waals surface area contributed by atoms with Crippen molar-refractivity contribution in [3.8, 4) is 5.69 Å². The number of amides is 1. The number of hydrogen-bond donors (Lipinski definition) is 1. The van der Waals surface area contributed by atoms with E-state index in [9.17, 15) is 9.59 Å². The van der Waals surface area contributed by atoms with Crippen molar-refractivity contribution in [1.29, 1.82) is 0 Å². The Bertz CT molecular complexity index is 1680. The Morgan fingerprint density at radius 1 is 1.00 bits per heavy atom. The first-order valence-corrected chi connectivity index (χ1v) is 11.6. The summed E-state index contributed by atoms with van der Waals surface area (Å²) in [5.74, 6) is 0.585. The summed E-state index contributed by atoms with van der Waals surface area (Å²) in [6.07, 6.45) is 6.67. The third-order valence-electron chi connectivity index (χ3n) is 6.61. The highest BCUT2D eigenvalue weighted by atomic mass is 16.2. The molecule has 0 saturated heterocycles. The molecule has 0 spiro atoms. The maximum absolute atomic E-state index is 13.2. The van der Waals surface area contributed by atoms with E-state index in [0.29, 0.717) is 41.1 Å². The molecule has 0 radical (unpaired) electrons. The van der Waals surface area contributed by atoms with Crippen LogP contribution in [0.15, 0.2) is 83.9 Å². The van der Waals surface area contributed by atoms with Gasteiger partial charge in [-0.25, -0.2) is 9.97 Å². The Balaban J connectivity index is 1.23. The van der Waals surface area contributed by atoms with E-state index in [-0.39, 0.29) is 11.5 Å². The van der Waals surface area contributed by atoms with E-state index >= 15 is 0 Å². The van der Waals surface area contributed by atoms with Crippen LogP contribution in [0, 0.1) is 6.92 Å². The topological polar surface area (TPSA) is 83.9 Å². The highest BCUT2D eigenvalue weighted by Gasteiger charge is 2.21. The van der Waals surface area contributed by atoms with Crippen LogP contribution in [-0.4, -0.2) is 43.4 Å². The number of aromatic nitrogens is 4. The van der Waals surface area contributed by atoms with Crippen LogP contribution in [0.2, 0.25) is 0 Å². The molecule has 0 atom stereocenters. The average molecular weight is 462 g/mol. The summed E-state index contributed by atoms with van der Waals surface area (Å²) in [5, 5.41) is 1.67. The first kappa shape index (κ1) is 21.0. The molecule has 5 aromatic rings. The first-order chi connectivity index (χ1) is 17.1. The maximum Gasteiger partial charge on any atom is 0.265 e. The number of carbonyl (C=O) groups excluding carboxylic acids is 1. The summed E-state index contributed by atoms with van der Waals surface area (Å²) >= 11 is 0. The van der Waals surface area contributed by atoms with Crippen molar-refractivity contribution in [2.24, 2.45) is 0 Å². The predicted octanol–water partition coefficient (Wildman–Crippen LogP) is 4.50. The van der Waals surface area contributed by atoms with Gasteiger partial charge in [0.1, 0.15) is 11.5 Å². The van der Waals surface area contributed by atoms with E-state index in [1.807, 2.05) is 54.4 Å². The molecule has 7 nitrogen and oxygen atoms in total. The molecule has 0 bridgehead atoms. The molecule has 0 fully saturated rings. The Morgan fingerprint density at radius 2 is 1.80 bits per heavy atom. The molecule has 0 saturated carbocycles. The molecule has 7 heteroatoms. The number of hydrogen-bond acceptors (Lipinski definition) is 4. The van der Waals surface area contributed by atoms with Gasteiger partial charge in [0.15, 0.2) is 0 Å². The largest absolute Gasteiger partial charge is 0.346 e. The van der Waals surface area contributed by atoms with Crippen LogP contribution in [0.25, 0.3) is 33.2 Å². The third-order valence-corrected chi connectivity index (χ3v) is 6.61. The van der Waals surface area contributed by atoms with Crippen molar-refractivity contribution in [1.82, 2.24) is 24.4 Å². The fourth-order valence-corrected chi connectivity index (χ4v) is 4.80. The standard InChI is InChI=1S/C28H23N5O2/c1-18-31-25-7-3-2-5-23(25)28(35)33(18)21-10-8-20(9-11-21)27(34)32-15-12-19(13-16-32)24-17-30-26-22(24)6-4-14-29-26/h2-12,14,17H,13,15-16H2,1H3,(H,29,30). The Morgan fingerprint density at radius 3 is 2.60 bits per heavy atom. The Labute approximate surface area is 201 Å². The lowest BCUT2D eigenvalue weighted by Crippen LogP contribution is -2.34. The van der Waals surface area contributed by atoms with Crippen LogP contribution in [0.5, 0.6) is 0 Å². The lowest BCUT2D eigenvalue weighted by molar-refractivity contribution is 0.0773. The van der Waals surface area contributed by atoms with Crippen LogP contribution in [-0.2, 0) is 0 Å². The Hall–Kier alpha value is -4.52. The first-order valence-electron chi connectivity index (χ1n) is 11.6. The summed E-state index contributed by atoms with van der Waals surface area (Å²) in [6, 6.07) is 18.5. The van der Waals surface area contributed by atoms with Gasteiger partial charge >= 0.3 is 0 Å². The normalized spacial score (nSPS) is 13.9. The van der Waals surface area contributed by atoms with E-state index in [1.54, 1.807) is 29.0 Å². The van der Waals surface area contributed by atoms with Crippen molar-refractivity contribution in [2.45, 2.75) is 13.3 Å². The van der Waals surface area contributed by atoms with Gasteiger partial charge in [-0.15, -0.1) is 0 Å². The summed E-state index contributed by atoms with van der Waals surface area (Å²) in [5.41, 5.74) is 5.10. The fraction of sp³-hybridized carbons (Fsp3) is 0.143. The van der Waals surface area contributed by atoms with Gasteiger partial charge in [-0.05, 0) is 67.4 Å². The van der Waals surface area contributed by atoms with Crippen molar-refractivity contribution in [2.75, 3.05) is 13.1 Å². The number of H-pyrrole nitrogens is 1. The molecular weight excluding hydrogens is 438 g/mol. The fourth-order valence-electron chi connectivity index (χ4n) is 4.80. The number of carbonyl (C=O) groups is 1. The van der Waals surface area contributed by atoms with Gasteiger partial charge in [-0.3, -0.25) is 14.2 Å². The molecule has 0 aliphatic carbocycles. The van der Waals surface area contributed by atoms with E-state index in [1.165, 1.54) is 5.57 Å². The molecule has 1 amide bonds. The molecule has 2 aromatic carbocycles. The molecule has 35 heavy (non-hydrogen) atoms. The number of fused-ring (bicyclic) bond motifs is 2. The number of para-hydroxylation sites is 1. The van der Waals surface area contributed by atoms with E-state index in [0.717, 1.165) is 23.0 Å². The molecule has 1 aliphatic heterocycles. The molecule has 4 heterocycles. The number of rotatable bonds is 3.